The maximum atomic E-state index is 12.0. The SMILES string of the molecule is Cc1nc2cc(NC(=O)c3ccncc3)ccc2s1. The van der Waals surface area contributed by atoms with E-state index in [1.165, 1.54) is 0 Å². The highest BCUT2D eigenvalue weighted by molar-refractivity contribution is 7.18. The molecule has 0 aliphatic heterocycles. The Hall–Kier alpha value is -2.27. The Morgan fingerprint density at radius 1 is 1.21 bits per heavy atom. The molecule has 94 valence electrons. The third kappa shape index (κ3) is 2.46. The number of hydrogen-bond acceptors (Lipinski definition) is 4. The third-order valence-electron chi connectivity index (χ3n) is 2.69. The largest absolute Gasteiger partial charge is 0.322 e. The van der Waals surface area contributed by atoms with Gasteiger partial charge in [0.2, 0.25) is 0 Å². The zero-order chi connectivity index (χ0) is 13.2. The van der Waals surface area contributed by atoms with Crippen molar-refractivity contribution in [3.63, 3.8) is 0 Å². The first-order chi connectivity index (χ1) is 9.22. The minimum atomic E-state index is -0.145. The van der Waals surface area contributed by atoms with Crippen LogP contribution < -0.4 is 5.32 Å². The van der Waals surface area contributed by atoms with Crippen molar-refractivity contribution in [2.45, 2.75) is 6.92 Å². The quantitative estimate of drug-likeness (QED) is 0.777. The fraction of sp³-hybridized carbons (Fsp3) is 0.0714. The first kappa shape index (κ1) is 11.8. The molecule has 0 aliphatic rings. The summed E-state index contributed by atoms with van der Waals surface area (Å²) in [6.45, 7) is 1.97. The van der Waals surface area contributed by atoms with Crippen LogP contribution in [0, 0.1) is 6.92 Å². The summed E-state index contributed by atoms with van der Waals surface area (Å²) in [6.07, 6.45) is 3.20. The van der Waals surface area contributed by atoms with Crippen LogP contribution >= 0.6 is 11.3 Å². The zero-order valence-electron chi connectivity index (χ0n) is 10.3. The number of carbonyl (C=O) groups is 1. The number of aryl methyl sites for hydroxylation is 1. The summed E-state index contributed by atoms with van der Waals surface area (Å²) in [5.74, 6) is -0.145. The van der Waals surface area contributed by atoms with Crippen molar-refractivity contribution in [1.29, 1.82) is 0 Å². The van der Waals surface area contributed by atoms with Crippen molar-refractivity contribution in [1.82, 2.24) is 9.97 Å². The average molecular weight is 269 g/mol. The van der Waals surface area contributed by atoms with Crippen LogP contribution in [0.25, 0.3) is 10.2 Å². The average Bonchev–Trinajstić information content (AvgIpc) is 2.79. The number of anilines is 1. The number of nitrogens with zero attached hydrogens (tertiary/aromatic N) is 2. The van der Waals surface area contributed by atoms with E-state index in [1.54, 1.807) is 35.9 Å². The molecule has 4 nitrogen and oxygen atoms in total. The van der Waals surface area contributed by atoms with Gasteiger partial charge in [-0.15, -0.1) is 11.3 Å². The van der Waals surface area contributed by atoms with Gasteiger partial charge in [0.1, 0.15) is 0 Å². The Kier molecular flexibility index (Phi) is 2.97. The number of carbonyl (C=O) groups excluding carboxylic acids is 1. The Bertz CT molecular complexity index is 737. The molecule has 0 spiro atoms. The highest BCUT2D eigenvalue weighted by atomic mass is 32.1. The number of pyridine rings is 1. The summed E-state index contributed by atoms with van der Waals surface area (Å²) in [6, 6.07) is 9.11. The number of thiazole rings is 1. The lowest BCUT2D eigenvalue weighted by Gasteiger charge is -2.04. The van der Waals surface area contributed by atoms with Gasteiger partial charge in [-0.25, -0.2) is 4.98 Å². The van der Waals surface area contributed by atoms with Crippen LogP contribution in [0.15, 0.2) is 42.7 Å². The van der Waals surface area contributed by atoms with Crippen molar-refractivity contribution in [2.75, 3.05) is 5.32 Å². The second kappa shape index (κ2) is 4.78. The first-order valence-corrected chi connectivity index (χ1v) is 6.62. The number of rotatable bonds is 2. The number of amides is 1. The van der Waals surface area contributed by atoms with Crippen molar-refractivity contribution < 1.29 is 4.79 Å². The highest BCUT2D eigenvalue weighted by Crippen LogP contribution is 2.24. The molecule has 0 saturated heterocycles. The number of hydrogen-bond donors (Lipinski definition) is 1. The van der Waals surface area contributed by atoms with E-state index < -0.39 is 0 Å². The van der Waals surface area contributed by atoms with Crippen molar-refractivity contribution in [3.05, 3.63) is 53.3 Å². The van der Waals surface area contributed by atoms with Gasteiger partial charge in [0, 0.05) is 23.6 Å². The van der Waals surface area contributed by atoms with Gasteiger partial charge in [-0.2, -0.15) is 0 Å². The van der Waals surface area contributed by atoms with Gasteiger partial charge in [0.25, 0.3) is 5.91 Å². The van der Waals surface area contributed by atoms with Crippen LogP contribution in [0.5, 0.6) is 0 Å². The smallest absolute Gasteiger partial charge is 0.255 e. The molecule has 2 aromatic heterocycles. The predicted molar refractivity (Wildman–Crippen MR) is 76.5 cm³/mol. The first-order valence-electron chi connectivity index (χ1n) is 5.81. The summed E-state index contributed by atoms with van der Waals surface area (Å²) in [5.41, 5.74) is 2.25. The van der Waals surface area contributed by atoms with Crippen molar-refractivity contribution in [3.8, 4) is 0 Å². The predicted octanol–water partition coefficient (Wildman–Crippen LogP) is 3.25. The Balaban J connectivity index is 1.87. The molecule has 0 unspecified atom stereocenters. The molecule has 5 heteroatoms. The lowest BCUT2D eigenvalue weighted by atomic mass is 10.2. The number of fused-ring (bicyclic) bond motifs is 1. The second-order valence-electron chi connectivity index (χ2n) is 4.11. The van der Waals surface area contributed by atoms with Gasteiger partial charge in [0.15, 0.2) is 0 Å². The molecular weight excluding hydrogens is 258 g/mol. The summed E-state index contributed by atoms with van der Waals surface area (Å²) in [4.78, 5) is 20.3. The molecule has 19 heavy (non-hydrogen) atoms. The second-order valence-corrected chi connectivity index (χ2v) is 5.34. The fourth-order valence-corrected chi connectivity index (χ4v) is 2.63. The standard InChI is InChI=1S/C14H11N3OS/c1-9-16-12-8-11(2-3-13(12)19-9)17-14(18)10-4-6-15-7-5-10/h2-8H,1H3,(H,17,18). The maximum Gasteiger partial charge on any atom is 0.255 e. The van der Waals surface area contributed by atoms with E-state index in [-0.39, 0.29) is 5.91 Å². The molecule has 0 radical (unpaired) electrons. The molecule has 1 N–H and O–H groups in total. The van der Waals surface area contributed by atoms with Gasteiger partial charge in [-0.3, -0.25) is 9.78 Å². The summed E-state index contributed by atoms with van der Waals surface area (Å²) >= 11 is 1.64. The summed E-state index contributed by atoms with van der Waals surface area (Å²) < 4.78 is 1.12. The fourth-order valence-electron chi connectivity index (χ4n) is 1.83. The molecule has 0 fully saturated rings. The van der Waals surface area contributed by atoms with Crippen molar-refractivity contribution >= 4 is 33.1 Å². The van der Waals surface area contributed by atoms with Crippen LogP contribution in [0.1, 0.15) is 15.4 Å². The highest BCUT2D eigenvalue weighted by Gasteiger charge is 2.07. The molecule has 1 aromatic carbocycles. The summed E-state index contributed by atoms with van der Waals surface area (Å²) in [7, 11) is 0. The molecule has 0 saturated carbocycles. The topological polar surface area (TPSA) is 54.9 Å². The van der Waals surface area contributed by atoms with E-state index in [4.69, 9.17) is 0 Å². The third-order valence-corrected chi connectivity index (χ3v) is 3.65. The molecule has 1 amide bonds. The van der Waals surface area contributed by atoms with Crippen LogP contribution in [-0.2, 0) is 0 Å². The van der Waals surface area contributed by atoms with Crippen LogP contribution in [-0.4, -0.2) is 15.9 Å². The zero-order valence-corrected chi connectivity index (χ0v) is 11.1. The molecule has 0 aliphatic carbocycles. The Labute approximate surface area is 114 Å². The van der Waals surface area contributed by atoms with Crippen LogP contribution in [0.4, 0.5) is 5.69 Å². The molecule has 0 bridgehead atoms. The molecule has 0 atom stereocenters. The Morgan fingerprint density at radius 3 is 2.79 bits per heavy atom. The normalized spacial score (nSPS) is 10.6. The van der Waals surface area contributed by atoms with Crippen molar-refractivity contribution in [2.24, 2.45) is 0 Å². The minimum Gasteiger partial charge on any atom is -0.322 e. The number of nitrogens with one attached hydrogen (secondary N) is 1. The van der Waals surface area contributed by atoms with E-state index in [2.05, 4.69) is 15.3 Å². The van der Waals surface area contributed by atoms with E-state index in [9.17, 15) is 4.79 Å². The number of aromatic nitrogens is 2. The van der Waals surface area contributed by atoms with E-state index in [0.717, 1.165) is 20.9 Å². The van der Waals surface area contributed by atoms with E-state index >= 15 is 0 Å². The maximum absolute atomic E-state index is 12.0. The van der Waals surface area contributed by atoms with Gasteiger partial charge in [-0.05, 0) is 37.3 Å². The van der Waals surface area contributed by atoms with Gasteiger partial charge in [-0.1, -0.05) is 0 Å². The van der Waals surface area contributed by atoms with Crippen LogP contribution in [0.2, 0.25) is 0 Å². The molecular formula is C14H11N3OS. The Morgan fingerprint density at radius 2 is 2.00 bits per heavy atom. The lowest BCUT2D eigenvalue weighted by molar-refractivity contribution is 0.102. The molecule has 3 aromatic rings. The lowest BCUT2D eigenvalue weighted by Crippen LogP contribution is -2.11. The van der Waals surface area contributed by atoms with Crippen LogP contribution in [0.3, 0.4) is 0 Å². The monoisotopic (exact) mass is 269 g/mol. The molecule has 3 rings (SSSR count). The minimum absolute atomic E-state index is 0.145. The van der Waals surface area contributed by atoms with E-state index in [1.807, 2.05) is 25.1 Å². The summed E-state index contributed by atoms with van der Waals surface area (Å²) in [5, 5.41) is 3.88. The number of benzene rings is 1. The van der Waals surface area contributed by atoms with Gasteiger partial charge >= 0.3 is 0 Å². The van der Waals surface area contributed by atoms with Gasteiger partial charge < -0.3 is 5.32 Å². The molecule has 2 heterocycles. The van der Waals surface area contributed by atoms with E-state index in [0.29, 0.717) is 5.56 Å². The van der Waals surface area contributed by atoms with Gasteiger partial charge in [0.05, 0.1) is 15.2 Å².